The van der Waals surface area contributed by atoms with Crippen molar-refractivity contribution in [3.8, 4) is 5.75 Å². The van der Waals surface area contributed by atoms with Gasteiger partial charge in [0.1, 0.15) is 5.75 Å². The fourth-order valence-corrected chi connectivity index (χ4v) is 1.72. The highest BCUT2D eigenvalue weighted by molar-refractivity contribution is 7.98. The Bertz CT molecular complexity index is 414. The van der Waals surface area contributed by atoms with Crippen molar-refractivity contribution >= 4 is 17.7 Å². The summed E-state index contributed by atoms with van der Waals surface area (Å²) in [6.45, 7) is 3.22. The van der Waals surface area contributed by atoms with E-state index in [4.69, 9.17) is 14.9 Å². The first-order valence-electron chi connectivity index (χ1n) is 5.38. The van der Waals surface area contributed by atoms with Crippen LogP contribution in [0.2, 0.25) is 0 Å². The van der Waals surface area contributed by atoms with Gasteiger partial charge < -0.3 is 14.9 Å². The third-order valence-electron chi connectivity index (χ3n) is 2.50. The average molecular weight is 268 g/mol. The van der Waals surface area contributed by atoms with Crippen molar-refractivity contribution in [3.05, 3.63) is 36.4 Å². The summed E-state index contributed by atoms with van der Waals surface area (Å²) in [7, 11) is 0. The maximum atomic E-state index is 10.7. The predicted molar refractivity (Wildman–Crippen MR) is 71.1 cm³/mol. The van der Waals surface area contributed by atoms with Crippen LogP contribution < -0.4 is 4.74 Å². The van der Waals surface area contributed by atoms with Crippen LogP contribution in [0.4, 0.5) is 0 Å². The number of hydrogen-bond donors (Lipinski definition) is 2. The highest BCUT2D eigenvalue weighted by Crippen LogP contribution is 2.20. The number of rotatable bonds is 7. The maximum Gasteiger partial charge on any atom is 0.331 e. The summed E-state index contributed by atoms with van der Waals surface area (Å²) < 4.78 is 5.44. The minimum atomic E-state index is -1.12. The summed E-state index contributed by atoms with van der Waals surface area (Å²) in [6.07, 6.45) is 1.98. The van der Waals surface area contributed by atoms with Crippen molar-refractivity contribution in [2.75, 3.05) is 19.5 Å². The first-order valence-corrected chi connectivity index (χ1v) is 6.60. The van der Waals surface area contributed by atoms with E-state index in [-0.39, 0.29) is 18.8 Å². The van der Waals surface area contributed by atoms with Gasteiger partial charge in [0.2, 0.25) is 0 Å². The standard InChI is InChI=1S/C13H16O4S/c1-9(13(15)16)10(7-14)8-17-11-3-5-12(18-2)6-4-11/h3-6,10,14H,1,7-8H2,2H3,(H,15,16). The molecular weight excluding hydrogens is 252 g/mol. The number of aliphatic carboxylic acids is 1. The van der Waals surface area contributed by atoms with Gasteiger partial charge in [0.05, 0.1) is 13.2 Å². The molecule has 0 bridgehead atoms. The molecule has 1 atom stereocenters. The smallest absolute Gasteiger partial charge is 0.331 e. The number of carboxylic acids is 1. The molecule has 5 heteroatoms. The van der Waals surface area contributed by atoms with Crippen LogP contribution in [0.25, 0.3) is 0 Å². The first kappa shape index (κ1) is 14.6. The third-order valence-corrected chi connectivity index (χ3v) is 3.24. The Balaban J connectivity index is 2.56. The van der Waals surface area contributed by atoms with Gasteiger partial charge in [0.15, 0.2) is 0 Å². The Labute approximate surface area is 110 Å². The highest BCUT2D eigenvalue weighted by atomic mass is 32.2. The quantitative estimate of drug-likeness (QED) is 0.585. The van der Waals surface area contributed by atoms with Gasteiger partial charge in [0, 0.05) is 16.4 Å². The van der Waals surface area contributed by atoms with Crippen LogP contribution in [0.1, 0.15) is 0 Å². The van der Waals surface area contributed by atoms with Gasteiger partial charge in [-0.25, -0.2) is 4.79 Å². The molecule has 0 radical (unpaired) electrons. The summed E-state index contributed by atoms with van der Waals surface area (Å²) in [6, 6.07) is 7.45. The summed E-state index contributed by atoms with van der Waals surface area (Å²) in [4.78, 5) is 11.8. The maximum absolute atomic E-state index is 10.7. The third kappa shape index (κ3) is 4.09. The summed E-state index contributed by atoms with van der Waals surface area (Å²) in [5.41, 5.74) is -0.0433. The van der Waals surface area contributed by atoms with Crippen LogP contribution in [0.15, 0.2) is 41.3 Å². The lowest BCUT2D eigenvalue weighted by Gasteiger charge is -2.15. The number of carboxylic acid groups (broad SMARTS) is 1. The van der Waals surface area contributed by atoms with E-state index >= 15 is 0 Å². The fourth-order valence-electron chi connectivity index (χ4n) is 1.31. The van der Waals surface area contributed by atoms with Gasteiger partial charge in [-0.05, 0) is 30.5 Å². The van der Waals surface area contributed by atoms with E-state index in [0.717, 1.165) is 4.90 Å². The number of aliphatic hydroxyl groups excluding tert-OH is 1. The van der Waals surface area contributed by atoms with Crippen molar-refractivity contribution < 1.29 is 19.7 Å². The van der Waals surface area contributed by atoms with E-state index in [2.05, 4.69) is 6.58 Å². The number of hydrogen-bond acceptors (Lipinski definition) is 4. The average Bonchev–Trinajstić information content (AvgIpc) is 2.39. The lowest BCUT2D eigenvalue weighted by molar-refractivity contribution is -0.133. The number of carbonyl (C=O) groups is 1. The molecule has 1 rings (SSSR count). The molecular formula is C13H16O4S. The van der Waals surface area contributed by atoms with Crippen LogP contribution in [0.3, 0.4) is 0 Å². The lowest BCUT2D eigenvalue weighted by atomic mass is 10.0. The number of thioether (sulfide) groups is 1. The monoisotopic (exact) mass is 268 g/mol. The first-order chi connectivity index (χ1) is 8.58. The van der Waals surface area contributed by atoms with Crippen LogP contribution in [0, 0.1) is 5.92 Å². The normalized spacial score (nSPS) is 11.9. The van der Waals surface area contributed by atoms with Gasteiger partial charge >= 0.3 is 5.97 Å². The zero-order valence-electron chi connectivity index (χ0n) is 10.1. The van der Waals surface area contributed by atoms with Crippen molar-refractivity contribution in [1.82, 2.24) is 0 Å². The van der Waals surface area contributed by atoms with E-state index in [1.165, 1.54) is 0 Å². The summed E-state index contributed by atoms with van der Waals surface area (Å²) >= 11 is 1.63. The molecule has 0 aromatic heterocycles. The molecule has 0 fully saturated rings. The molecule has 1 aromatic carbocycles. The van der Waals surface area contributed by atoms with Crippen molar-refractivity contribution in [3.63, 3.8) is 0 Å². The van der Waals surface area contributed by atoms with E-state index in [9.17, 15) is 4.79 Å². The molecule has 0 aliphatic heterocycles. The largest absolute Gasteiger partial charge is 0.493 e. The van der Waals surface area contributed by atoms with Gasteiger partial charge in [-0.2, -0.15) is 0 Å². The fraction of sp³-hybridized carbons (Fsp3) is 0.308. The Morgan fingerprint density at radius 2 is 2.06 bits per heavy atom. The van der Waals surface area contributed by atoms with Crippen LogP contribution in [-0.4, -0.2) is 35.7 Å². The lowest BCUT2D eigenvalue weighted by Crippen LogP contribution is -2.22. The molecule has 0 saturated heterocycles. The Morgan fingerprint density at radius 3 is 2.50 bits per heavy atom. The number of benzene rings is 1. The Morgan fingerprint density at radius 1 is 1.44 bits per heavy atom. The van der Waals surface area contributed by atoms with Crippen LogP contribution in [-0.2, 0) is 4.79 Å². The molecule has 18 heavy (non-hydrogen) atoms. The molecule has 2 N–H and O–H groups in total. The van der Waals surface area contributed by atoms with Gasteiger partial charge in [-0.15, -0.1) is 11.8 Å². The molecule has 0 amide bonds. The van der Waals surface area contributed by atoms with Gasteiger partial charge in [0.25, 0.3) is 0 Å². The minimum absolute atomic E-state index is 0.0433. The van der Waals surface area contributed by atoms with Crippen molar-refractivity contribution in [2.24, 2.45) is 5.92 Å². The van der Waals surface area contributed by atoms with E-state index in [1.807, 2.05) is 30.5 Å². The highest BCUT2D eigenvalue weighted by Gasteiger charge is 2.18. The predicted octanol–water partition coefficient (Wildman–Crippen LogP) is 2.04. The van der Waals surface area contributed by atoms with Crippen LogP contribution in [0.5, 0.6) is 5.75 Å². The van der Waals surface area contributed by atoms with Crippen molar-refractivity contribution in [1.29, 1.82) is 0 Å². The molecule has 98 valence electrons. The van der Waals surface area contributed by atoms with Gasteiger partial charge in [-0.1, -0.05) is 6.58 Å². The van der Waals surface area contributed by atoms with Crippen LogP contribution >= 0.6 is 11.8 Å². The molecule has 0 saturated carbocycles. The number of aliphatic hydroxyl groups is 1. The summed E-state index contributed by atoms with van der Waals surface area (Å²) in [5, 5.41) is 17.9. The van der Waals surface area contributed by atoms with Crippen molar-refractivity contribution in [2.45, 2.75) is 4.90 Å². The molecule has 0 aliphatic rings. The van der Waals surface area contributed by atoms with Gasteiger partial charge in [-0.3, -0.25) is 0 Å². The zero-order chi connectivity index (χ0) is 13.5. The zero-order valence-corrected chi connectivity index (χ0v) is 10.9. The number of ether oxygens (including phenoxy) is 1. The molecule has 0 aliphatic carbocycles. The second-order valence-corrected chi connectivity index (χ2v) is 4.58. The second-order valence-electron chi connectivity index (χ2n) is 3.70. The molecule has 1 unspecified atom stereocenters. The summed E-state index contributed by atoms with van der Waals surface area (Å²) in [5.74, 6) is -1.07. The minimum Gasteiger partial charge on any atom is -0.493 e. The Kier molecular flexibility index (Phi) is 5.74. The topological polar surface area (TPSA) is 66.8 Å². The molecule has 0 spiro atoms. The van der Waals surface area contributed by atoms with E-state index < -0.39 is 11.9 Å². The SMILES string of the molecule is C=C(C(=O)O)C(CO)COc1ccc(SC)cc1. The molecule has 0 heterocycles. The van der Waals surface area contributed by atoms with E-state index in [0.29, 0.717) is 5.75 Å². The molecule has 4 nitrogen and oxygen atoms in total. The van der Waals surface area contributed by atoms with E-state index in [1.54, 1.807) is 11.8 Å². The second kappa shape index (κ2) is 7.08. The Hall–Kier alpha value is -1.46. The molecule has 1 aromatic rings.